The molecule has 0 fully saturated rings. The average molecular weight is 162 g/mol. The second-order valence-electron chi connectivity index (χ2n) is 2.52. The van der Waals surface area contributed by atoms with Crippen LogP contribution < -0.4 is 5.32 Å². The topological polar surface area (TPSA) is 29.1 Å². The summed E-state index contributed by atoms with van der Waals surface area (Å²) in [4.78, 5) is 10.5. The van der Waals surface area contributed by atoms with Crippen molar-refractivity contribution in [2.75, 3.05) is 6.54 Å². The molecule has 1 atom stereocenters. The fraction of sp³-hybridized carbons (Fsp3) is 0.300. The lowest BCUT2D eigenvalue weighted by molar-refractivity contribution is 0.525. The van der Waals surface area contributed by atoms with E-state index in [1.54, 1.807) is 0 Å². The molecule has 1 rings (SSSR count). The van der Waals surface area contributed by atoms with Gasteiger partial charge in [-0.1, -0.05) is 37.3 Å². The average Bonchev–Trinajstić information content (AvgIpc) is 2.15. The monoisotopic (exact) mass is 162 g/mol. The quantitative estimate of drug-likeness (QED) is 0.726. The van der Waals surface area contributed by atoms with Gasteiger partial charge in [-0.25, -0.2) is 0 Å². The fourth-order valence-corrected chi connectivity index (χ4v) is 1.08. The standard InChI is InChI=1S/C10H12NO/c1-2-11-10(8-12)9-6-4-3-5-7-9/h3-7,10-11H,2H2,1H3. The molecule has 0 aliphatic heterocycles. The summed E-state index contributed by atoms with van der Waals surface area (Å²) >= 11 is 0. The molecule has 2 heteroatoms. The van der Waals surface area contributed by atoms with Crippen LogP contribution in [-0.4, -0.2) is 12.8 Å². The van der Waals surface area contributed by atoms with Crippen LogP contribution in [0.15, 0.2) is 30.3 Å². The molecule has 0 aliphatic rings. The molecular weight excluding hydrogens is 150 g/mol. The van der Waals surface area contributed by atoms with Crippen molar-refractivity contribution in [1.29, 1.82) is 0 Å². The second-order valence-corrected chi connectivity index (χ2v) is 2.52. The lowest BCUT2D eigenvalue weighted by atomic mass is 10.1. The first-order valence-corrected chi connectivity index (χ1v) is 4.04. The van der Waals surface area contributed by atoms with Crippen molar-refractivity contribution < 1.29 is 4.79 Å². The molecule has 1 aromatic carbocycles. The summed E-state index contributed by atoms with van der Waals surface area (Å²) in [6.45, 7) is 2.74. The third-order valence-electron chi connectivity index (χ3n) is 1.66. The predicted octanol–water partition coefficient (Wildman–Crippen LogP) is 1.45. The van der Waals surface area contributed by atoms with Crippen molar-refractivity contribution in [2.45, 2.75) is 13.0 Å². The van der Waals surface area contributed by atoms with E-state index in [0.29, 0.717) is 0 Å². The first kappa shape index (κ1) is 8.94. The minimum Gasteiger partial charge on any atom is -0.304 e. The van der Waals surface area contributed by atoms with Crippen molar-refractivity contribution in [3.05, 3.63) is 35.9 Å². The Morgan fingerprint density at radius 1 is 1.42 bits per heavy atom. The van der Waals surface area contributed by atoms with Gasteiger partial charge in [-0.2, -0.15) is 0 Å². The van der Waals surface area contributed by atoms with Crippen LogP contribution >= 0.6 is 0 Å². The number of hydrogen-bond acceptors (Lipinski definition) is 2. The van der Waals surface area contributed by atoms with E-state index in [0.717, 1.165) is 12.1 Å². The minimum atomic E-state index is -0.281. The number of likely N-dealkylation sites (N-methyl/N-ethyl adjacent to an activating group) is 1. The van der Waals surface area contributed by atoms with Crippen molar-refractivity contribution in [2.24, 2.45) is 0 Å². The van der Waals surface area contributed by atoms with Gasteiger partial charge in [0.2, 0.25) is 6.29 Å². The molecule has 0 aliphatic carbocycles. The van der Waals surface area contributed by atoms with Crippen LogP contribution in [0.5, 0.6) is 0 Å². The van der Waals surface area contributed by atoms with E-state index < -0.39 is 0 Å². The van der Waals surface area contributed by atoms with Crippen LogP contribution in [0.4, 0.5) is 0 Å². The number of carbonyl (C=O) groups excluding carboxylic acids is 1. The van der Waals surface area contributed by atoms with Crippen molar-refractivity contribution in [1.82, 2.24) is 5.32 Å². The van der Waals surface area contributed by atoms with E-state index in [-0.39, 0.29) is 6.04 Å². The number of nitrogens with one attached hydrogen (secondary N) is 1. The molecular formula is C10H12NO. The van der Waals surface area contributed by atoms with E-state index in [4.69, 9.17) is 0 Å². The summed E-state index contributed by atoms with van der Waals surface area (Å²) in [5.74, 6) is 0. The highest BCUT2D eigenvalue weighted by Gasteiger charge is 2.07. The zero-order valence-corrected chi connectivity index (χ0v) is 7.08. The molecule has 63 valence electrons. The summed E-state index contributed by atoms with van der Waals surface area (Å²) in [6.07, 6.45) is 1.96. The summed E-state index contributed by atoms with van der Waals surface area (Å²) in [5, 5.41) is 3.02. The van der Waals surface area contributed by atoms with E-state index in [2.05, 4.69) is 5.32 Å². The molecule has 0 heterocycles. The van der Waals surface area contributed by atoms with Gasteiger partial charge in [-0.15, -0.1) is 0 Å². The zero-order chi connectivity index (χ0) is 8.81. The number of benzene rings is 1. The molecule has 1 aromatic rings. The van der Waals surface area contributed by atoms with Crippen LogP contribution in [0.1, 0.15) is 18.5 Å². The van der Waals surface area contributed by atoms with E-state index >= 15 is 0 Å². The summed E-state index contributed by atoms with van der Waals surface area (Å²) in [5.41, 5.74) is 0.967. The van der Waals surface area contributed by atoms with Crippen molar-refractivity contribution in [3.8, 4) is 0 Å². The lowest BCUT2D eigenvalue weighted by Crippen LogP contribution is -2.21. The van der Waals surface area contributed by atoms with E-state index in [9.17, 15) is 4.79 Å². The predicted molar refractivity (Wildman–Crippen MR) is 48.6 cm³/mol. The highest BCUT2D eigenvalue weighted by atomic mass is 16.1. The molecule has 0 spiro atoms. The molecule has 0 saturated carbocycles. The minimum absolute atomic E-state index is 0.281. The van der Waals surface area contributed by atoms with Crippen molar-refractivity contribution in [3.63, 3.8) is 0 Å². The highest BCUT2D eigenvalue weighted by molar-refractivity contribution is 5.62. The van der Waals surface area contributed by atoms with Gasteiger partial charge in [0.1, 0.15) is 0 Å². The Morgan fingerprint density at radius 2 is 2.08 bits per heavy atom. The molecule has 0 aromatic heterocycles. The Balaban J connectivity index is 2.73. The molecule has 0 bridgehead atoms. The first-order chi connectivity index (χ1) is 5.88. The van der Waals surface area contributed by atoms with Gasteiger partial charge in [0, 0.05) is 0 Å². The van der Waals surface area contributed by atoms with Gasteiger partial charge in [0.15, 0.2) is 0 Å². The fourth-order valence-electron chi connectivity index (χ4n) is 1.08. The molecule has 1 unspecified atom stereocenters. The third-order valence-corrected chi connectivity index (χ3v) is 1.66. The summed E-state index contributed by atoms with van der Waals surface area (Å²) < 4.78 is 0. The Labute approximate surface area is 72.6 Å². The van der Waals surface area contributed by atoms with Crippen LogP contribution in [-0.2, 0) is 4.79 Å². The molecule has 1 N–H and O–H groups in total. The maximum absolute atomic E-state index is 10.5. The van der Waals surface area contributed by atoms with E-state index in [1.165, 1.54) is 0 Å². The van der Waals surface area contributed by atoms with Gasteiger partial charge >= 0.3 is 0 Å². The Kier molecular flexibility index (Phi) is 3.48. The maximum Gasteiger partial charge on any atom is 0.221 e. The Hall–Kier alpha value is -1.15. The smallest absolute Gasteiger partial charge is 0.221 e. The van der Waals surface area contributed by atoms with Gasteiger partial charge in [-0.05, 0) is 12.1 Å². The van der Waals surface area contributed by atoms with Crippen LogP contribution in [0.3, 0.4) is 0 Å². The zero-order valence-electron chi connectivity index (χ0n) is 7.08. The first-order valence-electron chi connectivity index (χ1n) is 4.04. The maximum atomic E-state index is 10.5. The van der Waals surface area contributed by atoms with Gasteiger partial charge < -0.3 is 5.32 Å². The molecule has 0 amide bonds. The number of rotatable bonds is 4. The number of hydrogen-bond donors (Lipinski definition) is 1. The highest BCUT2D eigenvalue weighted by Crippen LogP contribution is 2.08. The van der Waals surface area contributed by atoms with Gasteiger partial charge in [0.25, 0.3) is 0 Å². The molecule has 2 nitrogen and oxygen atoms in total. The molecule has 0 saturated heterocycles. The third kappa shape index (κ3) is 2.17. The van der Waals surface area contributed by atoms with E-state index in [1.807, 2.05) is 43.5 Å². The second kappa shape index (κ2) is 4.67. The van der Waals surface area contributed by atoms with Crippen LogP contribution in [0.2, 0.25) is 0 Å². The molecule has 12 heavy (non-hydrogen) atoms. The summed E-state index contributed by atoms with van der Waals surface area (Å²) in [6, 6.07) is 9.30. The van der Waals surface area contributed by atoms with Crippen LogP contribution in [0.25, 0.3) is 0 Å². The Bertz CT molecular complexity index is 233. The lowest BCUT2D eigenvalue weighted by Gasteiger charge is -2.09. The SMILES string of the molecule is CCNC([C]=O)c1ccccc1. The van der Waals surface area contributed by atoms with Gasteiger partial charge in [0.05, 0.1) is 6.04 Å². The molecule has 1 radical (unpaired) electrons. The Morgan fingerprint density at radius 3 is 2.58 bits per heavy atom. The normalized spacial score (nSPS) is 12.4. The van der Waals surface area contributed by atoms with Crippen molar-refractivity contribution >= 4 is 6.29 Å². The summed E-state index contributed by atoms with van der Waals surface area (Å²) in [7, 11) is 0. The van der Waals surface area contributed by atoms with Gasteiger partial charge in [-0.3, -0.25) is 4.79 Å². The largest absolute Gasteiger partial charge is 0.304 e. The van der Waals surface area contributed by atoms with Crippen LogP contribution in [0, 0.1) is 0 Å².